The molecule has 0 spiro atoms. The number of nitrogens with one attached hydrogen (secondary N) is 2. The van der Waals surface area contributed by atoms with E-state index in [1.54, 1.807) is 6.33 Å². The molecule has 2 aliphatic rings. The Kier molecular flexibility index (Phi) is 4.03. The zero-order chi connectivity index (χ0) is 13.9. The van der Waals surface area contributed by atoms with Crippen LogP contribution in [0.5, 0.6) is 0 Å². The molecule has 6 heteroatoms. The molecule has 20 heavy (non-hydrogen) atoms. The molecule has 0 aromatic carbocycles. The quantitative estimate of drug-likeness (QED) is 0.569. The van der Waals surface area contributed by atoms with Gasteiger partial charge in [-0.25, -0.2) is 15.8 Å². The van der Waals surface area contributed by atoms with Crippen LogP contribution >= 0.6 is 0 Å². The van der Waals surface area contributed by atoms with Gasteiger partial charge in [0.15, 0.2) is 0 Å². The zero-order valence-corrected chi connectivity index (χ0v) is 12.1. The van der Waals surface area contributed by atoms with Gasteiger partial charge in [0.25, 0.3) is 0 Å². The zero-order valence-electron chi connectivity index (χ0n) is 12.1. The van der Waals surface area contributed by atoms with E-state index in [0.717, 1.165) is 29.7 Å². The Morgan fingerprint density at radius 2 is 2.15 bits per heavy atom. The maximum atomic E-state index is 5.52. The summed E-state index contributed by atoms with van der Waals surface area (Å²) >= 11 is 0. The summed E-state index contributed by atoms with van der Waals surface area (Å²) in [7, 11) is 0. The van der Waals surface area contributed by atoms with E-state index in [2.05, 4.69) is 32.5 Å². The molecule has 3 rings (SSSR count). The molecule has 2 fully saturated rings. The van der Waals surface area contributed by atoms with Crippen LogP contribution in [-0.2, 0) is 6.42 Å². The highest BCUT2D eigenvalue weighted by molar-refractivity contribution is 5.57. The Balaban J connectivity index is 1.71. The van der Waals surface area contributed by atoms with Crippen LogP contribution < -0.4 is 16.6 Å². The van der Waals surface area contributed by atoms with Crippen LogP contribution in [-0.4, -0.2) is 40.0 Å². The van der Waals surface area contributed by atoms with Crippen molar-refractivity contribution < 1.29 is 0 Å². The number of hydrogen-bond acceptors (Lipinski definition) is 6. The lowest BCUT2D eigenvalue weighted by atomic mass is 9.97. The van der Waals surface area contributed by atoms with E-state index < -0.39 is 0 Å². The van der Waals surface area contributed by atoms with Gasteiger partial charge in [-0.3, -0.25) is 0 Å². The molecule has 0 saturated carbocycles. The number of hydrogen-bond donors (Lipinski definition) is 3. The van der Waals surface area contributed by atoms with Crippen molar-refractivity contribution in [3.05, 3.63) is 11.9 Å². The Morgan fingerprint density at radius 1 is 1.30 bits per heavy atom. The second-order valence-electron chi connectivity index (χ2n) is 5.74. The molecular weight excluding hydrogens is 252 g/mol. The fourth-order valence-electron chi connectivity index (χ4n) is 3.54. The lowest BCUT2D eigenvalue weighted by Crippen LogP contribution is -2.43. The van der Waals surface area contributed by atoms with E-state index in [-0.39, 0.29) is 0 Å². The highest BCUT2D eigenvalue weighted by Crippen LogP contribution is 2.29. The first kappa shape index (κ1) is 13.6. The largest absolute Gasteiger partial charge is 0.367 e. The summed E-state index contributed by atoms with van der Waals surface area (Å²) in [6, 6.07) is 1.28. The van der Waals surface area contributed by atoms with E-state index in [9.17, 15) is 0 Å². The summed E-state index contributed by atoms with van der Waals surface area (Å²) in [5, 5.41) is 3.61. The third-order valence-corrected chi connectivity index (χ3v) is 4.60. The number of hydrazine groups is 1. The highest BCUT2D eigenvalue weighted by atomic mass is 15.3. The molecule has 1 aromatic rings. The maximum absolute atomic E-state index is 5.52. The van der Waals surface area contributed by atoms with Gasteiger partial charge < -0.3 is 15.6 Å². The Hall–Kier alpha value is -1.40. The third kappa shape index (κ3) is 2.58. The van der Waals surface area contributed by atoms with Gasteiger partial charge in [0.2, 0.25) is 0 Å². The topological polar surface area (TPSA) is 79.1 Å². The van der Waals surface area contributed by atoms with Gasteiger partial charge in [-0.1, -0.05) is 6.92 Å². The van der Waals surface area contributed by atoms with E-state index in [4.69, 9.17) is 5.84 Å². The average Bonchev–Trinajstić information content (AvgIpc) is 2.94. The average molecular weight is 276 g/mol. The summed E-state index contributed by atoms with van der Waals surface area (Å²) in [5.74, 6) is 7.19. The molecule has 1 aromatic heterocycles. The number of rotatable bonds is 4. The molecule has 2 saturated heterocycles. The Labute approximate surface area is 120 Å². The highest BCUT2D eigenvalue weighted by Gasteiger charge is 2.31. The van der Waals surface area contributed by atoms with Crippen LogP contribution in [0.15, 0.2) is 6.33 Å². The van der Waals surface area contributed by atoms with Crippen LogP contribution in [0.4, 0.5) is 11.6 Å². The van der Waals surface area contributed by atoms with Crippen LogP contribution in [0.1, 0.15) is 38.2 Å². The molecule has 6 nitrogen and oxygen atoms in total. The fourth-order valence-corrected chi connectivity index (χ4v) is 3.54. The molecule has 4 N–H and O–H groups in total. The molecule has 0 radical (unpaired) electrons. The first-order valence-corrected chi connectivity index (χ1v) is 7.63. The fraction of sp³-hybridized carbons (Fsp3) is 0.714. The summed E-state index contributed by atoms with van der Waals surface area (Å²) in [4.78, 5) is 11.2. The number of nitrogens with zero attached hydrogens (tertiary/aromatic N) is 3. The lowest BCUT2D eigenvalue weighted by Gasteiger charge is -2.35. The molecule has 2 aliphatic heterocycles. The van der Waals surface area contributed by atoms with Crippen LogP contribution in [0.2, 0.25) is 0 Å². The van der Waals surface area contributed by atoms with Crippen LogP contribution in [0.3, 0.4) is 0 Å². The second kappa shape index (κ2) is 5.93. The molecule has 0 aliphatic carbocycles. The molecule has 2 atom stereocenters. The molecule has 2 unspecified atom stereocenters. The van der Waals surface area contributed by atoms with Crippen molar-refractivity contribution in [3.63, 3.8) is 0 Å². The van der Waals surface area contributed by atoms with Crippen molar-refractivity contribution in [2.24, 2.45) is 5.84 Å². The van der Waals surface area contributed by atoms with Gasteiger partial charge in [0.05, 0.1) is 0 Å². The standard InChI is InChI=1S/C14H24N6/c1-2-12-13(16-9-17-14(12)19-15)18-10-5-7-20-6-3-4-11(20)8-10/h9-11H,2-8,15H2,1H3,(H2,16,17,18,19). The van der Waals surface area contributed by atoms with Crippen molar-refractivity contribution in [1.29, 1.82) is 0 Å². The van der Waals surface area contributed by atoms with Crippen molar-refractivity contribution in [3.8, 4) is 0 Å². The van der Waals surface area contributed by atoms with Gasteiger partial charge in [-0.05, 0) is 38.6 Å². The Bertz CT molecular complexity index is 463. The van der Waals surface area contributed by atoms with E-state index >= 15 is 0 Å². The van der Waals surface area contributed by atoms with E-state index in [0.29, 0.717) is 6.04 Å². The number of anilines is 2. The smallest absolute Gasteiger partial charge is 0.148 e. The first-order chi connectivity index (χ1) is 9.81. The minimum Gasteiger partial charge on any atom is -0.367 e. The summed E-state index contributed by atoms with van der Waals surface area (Å²) < 4.78 is 0. The first-order valence-electron chi connectivity index (χ1n) is 7.63. The van der Waals surface area contributed by atoms with Crippen molar-refractivity contribution in [2.45, 2.75) is 51.1 Å². The van der Waals surface area contributed by atoms with E-state index in [1.165, 1.54) is 38.8 Å². The third-order valence-electron chi connectivity index (χ3n) is 4.60. The number of aromatic nitrogens is 2. The van der Waals surface area contributed by atoms with E-state index in [1.807, 2.05) is 0 Å². The molecule has 0 amide bonds. The number of piperidine rings is 1. The van der Waals surface area contributed by atoms with Crippen molar-refractivity contribution >= 4 is 11.6 Å². The van der Waals surface area contributed by atoms with Gasteiger partial charge >= 0.3 is 0 Å². The molecule has 110 valence electrons. The Morgan fingerprint density at radius 3 is 2.95 bits per heavy atom. The van der Waals surface area contributed by atoms with Gasteiger partial charge in [0, 0.05) is 24.2 Å². The minimum atomic E-state index is 0.514. The summed E-state index contributed by atoms with van der Waals surface area (Å²) in [6.45, 7) is 4.59. The number of fused-ring (bicyclic) bond motifs is 1. The molecular formula is C14H24N6. The van der Waals surface area contributed by atoms with Gasteiger partial charge in [-0.15, -0.1) is 0 Å². The molecule has 3 heterocycles. The van der Waals surface area contributed by atoms with Crippen molar-refractivity contribution in [1.82, 2.24) is 14.9 Å². The van der Waals surface area contributed by atoms with Crippen molar-refractivity contribution in [2.75, 3.05) is 23.8 Å². The lowest BCUT2D eigenvalue weighted by molar-refractivity contribution is 0.188. The predicted octanol–water partition coefficient (Wildman–Crippen LogP) is 1.36. The summed E-state index contributed by atoms with van der Waals surface area (Å²) in [6.07, 6.45) is 7.55. The predicted molar refractivity (Wildman–Crippen MR) is 80.5 cm³/mol. The minimum absolute atomic E-state index is 0.514. The second-order valence-corrected chi connectivity index (χ2v) is 5.74. The maximum Gasteiger partial charge on any atom is 0.148 e. The van der Waals surface area contributed by atoms with Crippen LogP contribution in [0.25, 0.3) is 0 Å². The molecule has 0 bridgehead atoms. The summed E-state index contributed by atoms with van der Waals surface area (Å²) in [5.41, 5.74) is 3.73. The SMILES string of the molecule is CCc1c(NN)ncnc1NC1CCN2CCCC2C1. The number of nitrogens with two attached hydrogens (primary N) is 1. The monoisotopic (exact) mass is 276 g/mol. The normalized spacial score (nSPS) is 26.3. The number of nitrogen functional groups attached to an aromatic ring is 1. The van der Waals surface area contributed by atoms with Gasteiger partial charge in [-0.2, -0.15) is 0 Å². The van der Waals surface area contributed by atoms with Gasteiger partial charge in [0.1, 0.15) is 18.0 Å². The van der Waals surface area contributed by atoms with Crippen LogP contribution in [0, 0.1) is 0 Å².